The lowest BCUT2D eigenvalue weighted by molar-refractivity contribution is -0.384. The van der Waals surface area contributed by atoms with Crippen molar-refractivity contribution in [3.8, 4) is 0 Å². The van der Waals surface area contributed by atoms with Gasteiger partial charge in [-0.05, 0) is 26.3 Å². The van der Waals surface area contributed by atoms with Crippen LogP contribution >= 0.6 is 0 Å². The van der Waals surface area contributed by atoms with Crippen LogP contribution in [0.4, 0.5) is 5.69 Å². The smallest absolute Gasteiger partial charge is 0.337 e. The Morgan fingerprint density at radius 2 is 1.96 bits per heavy atom. The Morgan fingerprint density at radius 3 is 2.50 bits per heavy atom. The lowest BCUT2D eigenvalue weighted by atomic mass is 9.80. The molecule has 9 nitrogen and oxygen atoms in total. The molecule has 0 bridgehead atoms. The van der Waals surface area contributed by atoms with Crippen LogP contribution in [0.5, 0.6) is 0 Å². The minimum atomic E-state index is -0.998. The number of rotatable bonds is 6. The fourth-order valence-corrected chi connectivity index (χ4v) is 3.07. The van der Waals surface area contributed by atoms with E-state index in [9.17, 15) is 24.8 Å². The Balaban J connectivity index is 2.73. The third kappa shape index (κ3) is 4.20. The summed E-state index contributed by atoms with van der Waals surface area (Å²) in [4.78, 5) is 35.9. The molecule has 1 aliphatic rings. The molecule has 1 aromatic rings. The van der Waals surface area contributed by atoms with Crippen LogP contribution in [-0.2, 0) is 19.1 Å². The largest absolute Gasteiger partial charge is 0.466 e. The molecule has 2 N–H and O–H groups in total. The molecule has 28 heavy (non-hydrogen) atoms. The number of nitrogens with zero attached hydrogens (tertiary/aromatic N) is 1. The van der Waals surface area contributed by atoms with Gasteiger partial charge in [-0.25, -0.2) is 9.59 Å². The highest BCUT2D eigenvalue weighted by Gasteiger charge is 2.39. The van der Waals surface area contributed by atoms with Gasteiger partial charge in [0.15, 0.2) is 0 Å². The summed E-state index contributed by atoms with van der Waals surface area (Å²) in [5, 5.41) is 23.8. The van der Waals surface area contributed by atoms with Crippen LogP contribution in [-0.4, -0.2) is 41.8 Å². The highest BCUT2D eigenvalue weighted by atomic mass is 16.6. The SMILES string of the molecule is COC(=O)C1=C(CO)NC(C)=C(C(=O)OC(C)C)C1c1cccc([N+](=O)[O-])c1. The monoisotopic (exact) mass is 390 g/mol. The lowest BCUT2D eigenvalue weighted by Crippen LogP contribution is -2.34. The molecule has 1 unspecified atom stereocenters. The van der Waals surface area contributed by atoms with Crippen molar-refractivity contribution in [2.75, 3.05) is 13.7 Å². The van der Waals surface area contributed by atoms with Gasteiger partial charge in [-0.1, -0.05) is 12.1 Å². The zero-order chi connectivity index (χ0) is 21.0. The van der Waals surface area contributed by atoms with Gasteiger partial charge in [0.1, 0.15) is 0 Å². The third-order valence-electron chi connectivity index (χ3n) is 4.19. The number of esters is 2. The number of hydrogen-bond donors (Lipinski definition) is 2. The van der Waals surface area contributed by atoms with Crippen molar-refractivity contribution < 1.29 is 29.1 Å². The van der Waals surface area contributed by atoms with Crippen molar-refractivity contribution in [2.45, 2.75) is 32.8 Å². The average molecular weight is 390 g/mol. The molecule has 0 aromatic heterocycles. The molecule has 0 saturated carbocycles. The minimum Gasteiger partial charge on any atom is -0.466 e. The Morgan fingerprint density at radius 1 is 1.29 bits per heavy atom. The molecule has 2 rings (SSSR count). The van der Waals surface area contributed by atoms with Crippen LogP contribution in [0.15, 0.2) is 46.8 Å². The lowest BCUT2D eigenvalue weighted by Gasteiger charge is -2.31. The van der Waals surface area contributed by atoms with Gasteiger partial charge in [0.25, 0.3) is 5.69 Å². The third-order valence-corrected chi connectivity index (χ3v) is 4.19. The second kappa shape index (κ2) is 8.66. The van der Waals surface area contributed by atoms with E-state index in [4.69, 9.17) is 9.47 Å². The predicted molar refractivity (Wildman–Crippen MR) is 99.0 cm³/mol. The number of benzene rings is 1. The number of aliphatic hydroxyl groups is 1. The first-order valence-electron chi connectivity index (χ1n) is 8.56. The first-order valence-corrected chi connectivity index (χ1v) is 8.56. The molecule has 0 fully saturated rings. The van der Waals surface area contributed by atoms with E-state index < -0.39 is 35.5 Å². The standard InChI is InChI=1S/C19H22N2O7/c1-10(2)28-19(24)15-11(3)20-14(9-22)17(18(23)27-4)16(15)12-6-5-7-13(8-12)21(25)26/h5-8,10,16,20,22H,9H2,1-4H3. The summed E-state index contributed by atoms with van der Waals surface area (Å²) < 4.78 is 10.2. The van der Waals surface area contributed by atoms with Crippen molar-refractivity contribution in [3.05, 3.63) is 62.5 Å². The van der Waals surface area contributed by atoms with E-state index in [0.717, 1.165) is 0 Å². The molecule has 9 heteroatoms. The maximum atomic E-state index is 12.8. The second-order valence-electron chi connectivity index (χ2n) is 6.44. The van der Waals surface area contributed by atoms with E-state index in [-0.39, 0.29) is 22.5 Å². The van der Waals surface area contributed by atoms with E-state index in [0.29, 0.717) is 11.3 Å². The van der Waals surface area contributed by atoms with Gasteiger partial charge in [0.2, 0.25) is 0 Å². The summed E-state index contributed by atoms with van der Waals surface area (Å²) in [6.45, 7) is 4.45. The second-order valence-corrected chi connectivity index (χ2v) is 6.44. The van der Waals surface area contributed by atoms with E-state index in [1.807, 2.05) is 0 Å². The Kier molecular flexibility index (Phi) is 6.53. The number of hydrogen-bond acceptors (Lipinski definition) is 8. The van der Waals surface area contributed by atoms with Crippen LogP contribution < -0.4 is 5.32 Å². The topological polar surface area (TPSA) is 128 Å². The van der Waals surface area contributed by atoms with Gasteiger partial charge in [-0.15, -0.1) is 0 Å². The summed E-state index contributed by atoms with van der Waals surface area (Å²) in [5.41, 5.74) is 0.775. The van der Waals surface area contributed by atoms with Gasteiger partial charge in [0, 0.05) is 17.8 Å². The van der Waals surface area contributed by atoms with Gasteiger partial charge < -0.3 is 19.9 Å². The average Bonchev–Trinajstić information content (AvgIpc) is 2.65. The predicted octanol–water partition coefficient (Wildman–Crippen LogP) is 1.93. The summed E-state index contributed by atoms with van der Waals surface area (Å²) in [5.74, 6) is -2.44. The number of non-ortho nitro benzene ring substituents is 1. The van der Waals surface area contributed by atoms with Crippen molar-refractivity contribution in [1.82, 2.24) is 5.32 Å². The molecule has 0 saturated heterocycles. The number of aliphatic hydroxyl groups excluding tert-OH is 1. The normalized spacial score (nSPS) is 16.7. The van der Waals surface area contributed by atoms with Crippen molar-refractivity contribution in [2.24, 2.45) is 0 Å². The minimum absolute atomic E-state index is 0.00759. The van der Waals surface area contributed by atoms with E-state index in [2.05, 4.69) is 5.32 Å². The summed E-state index contributed by atoms with van der Waals surface area (Å²) in [6.07, 6.45) is -0.414. The highest BCUT2D eigenvalue weighted by Crippen LogP contribution is 2.40. The van der Waals surface area contributed by atoms with Crippen molar-refractivity contribution >= 4 is 17.6 Å². The summed E-state index contributed by atoms with van der Waals surface area (Å²) in [6, 6.07) is 5.62. The molecule has 0 radical (unpaired) electrons. The Hall–Kier alpha value is -3.20. The van der Waals surface area contributed by atoms with Gasteiger partial charge in [0.05, 0.1) is 47.5 Å². The van der Waals surface area contributed by atoms with E-state index >= 15 is 0 Å². The molecule has 1 atom stereocenters. The number of nitro groups is 1. The summed E-state index contributed by atoms with van der Waals surface area (Å²) >= 11 is 0. The molecule has 0 amide bonds. The van der Waals surface area contributed by atoms with Crippen LogP contribution in [0.1, 0.15) is 32.3 Å². The fraction of sp³-hybridized carbons (Fsp3) is 0.368. The maximum Gasteiger partial charge on any atom is 0.337 e. The number of dihydropyridines is 1. The highest BCUT2D eigenvalue weighted by molar-refractivity contribution is 6.00. The van der Waals surface area contributed by atoms with Crippen LogP contribution in [0, 0.1) is 10.1 Å². The zero-order valence-electron chi connectivity index (χ0n) is 16.0. The van der Waals surface area contributed by atoms with E-state index in [1.165, 1.54) is 25.3 Å². The number of ether oxygens (including phenoxy) is 2. The van der Waals surface area contributed by atoms with E-state index in [1.54, 1.807) is 26.8 Å². The zero-order valence-corrected chi connectivity index (χ0v) is 16.0. The van der Waals surface area contributed by atoms with Gasteiger partial charge in [-0.2, -0.15) is 0 Å². The molecule has 0 spiro atoms. The first kappa shape index (κ1) is 21.1. The summed E-state index contributed by atoms with van der Waals surface area (Å²) in [7, 11) is 1.17. The maximum absolute atomic E-state index is 12.8. The molecule has 150 valence electrons. The van der Waals surface area contributed by atoms with Crippen LogP contribution in [0.2, 0.25) is 0 Å². The molecular weight excluding hydrogens is 368 g/mol. The number of carbonyl (C=O) groups excluding carboxylic acids is 2. The quantitative estimate of drug-likeness (QED) is 0.428. The van der Waals surface area contributed by atoms with Crippen molar-refractivity contribution in [3.63, 3.8) is 0 Å². The molecular formula is C19H22N2O7. The number of allylic oxidation sites excluding steroid dienone is 1. The van der Waals surface area contributed by atoms with Gasteiger partial charge in [-0.3, -0.25) is 10.1 Å². The molecule has 1 aromatic carbocycles. The van der Waals surface area contributed by atoms with Gasteiger partial charge >= 0.3 is 11.9 Å². The first-order chi connectivity index (χ1) is 13.2. The molecule has 0 aliphatic carbocycles. The Labute approximate surface area is 161 Å². The van der Waals surface area contributed by atoms with Crippen molar-refractivity contribution in [1.29, 1.82) is 0 Å². The number of nitro benzene ring substituents is 1. The van der Waals surface area contributed by atoms with Crippen LogP contribution in [0.3, 0.4) is 0 Å². The number of nitrogens with one attached hydrogen (secondary N) is 1. The molecule has 1 aliphatic heterocycles. The fourth-order valence-electron chi connectivity index (χ4n) is 3.07. The number of carbonyl (C=O) groups is 2. The number of methoxy groups -OCH3 is 1. The Bertz CT molecular complexity index is 871. The van der Waals surface area contributed by atoms with Crippen LogP contribution in [0.25, 0.3) is 0 Å². The molecule has 1 heterocycles.